The molecule has 0 aliphatic heterocycles. The lowest BCUT2D eigenvalue weighted by Gasteiger charge is -2.03. The van der Waals surface area contributed by atoms with Gasteiger partial charge in [0.05, 0.1) is 25.5 Å². The van der Waals surface area contributed by atoms with Crippen LogP contribution in [0.4, 0.5) is 4.79 Å². The van der Waals surface area contributed by atoms with Gasteiger partial charge < -0.3 is 20.3 Å². The minimum Gasteiger partial charge on any atom is -0.480 e. The van der Waals surface area contributed by atoms with Gasteiger partial charge in [-0.25, -0.2) is 9.48 Å². The van der Waals surface area contributed by atoms with Crippen LogP contribution in [0.5, 0.6) is 0 Å². The van der Waals surface area contributed by atoms with Crippen molar-refractivity contribution in [1.29, 1.82) is 0 Å². The Morgan fingerprint density at radius 1 is 1.35 bits per heavy atom. The van der Waals surface area contributed by atoms with Gasteiger partial charge in [0.25, 0.3) is 0 Å². The van der Waals surface area contributed by atoms with E-state index in [0.29, 0.717) is 11.5 Å². The summed E-state index contributed by atoms with van der Waals surface area (Å²) in [6.45, 7) is 0.0874. The minimum absolute atomic E-state index is 0.141. The van der Waals surface area contributed by atoms with E-state index >= 15 is 0 Å². The van der Waals surface area contributed by atoms with Gasteiger partial charge in [0, 0.05) is 6.07 Å². The van der Waals surface area contributed by atoms with Gasteiger partial charge >= 0.3 is 12.0 Å². The van der Waals surface area contributed by atoms with Gasteiger partial charge in [0.15, 0.2) is 5.76 Å². The fourth-order valence-corrected chi connectivity index (χ4v) is 1.37. The first-order valence-electron chi connectivity index (χ1n) is 5.65. The number of rotatable bonds is 6. The van der Waals surface area contributed by atoms with Gasteiger partial charge in [-0.05, 0) is 0 Å². The first-order chi connectivity index (χ1) is 9.63. The monoisotopic (exact) mass is 280 g/mol. The lowest BCUT2D eigenvalue weighted by molar-refractivity contribution is -0.137. The third-order valence-corrected chi connectivity index (χ3v) is 2.23. The van der Waals surface area contributed by atoms with Crippen molar-refractivity contribution in [2.45, 2.75) is 19.6 Å². The topological polar surface area (TPSA) is 135 Å². The number of carboxylic acid groups (broad SMARTS) is 1. The summed E-state index contributed by atoms with van der Waals surface area (Å²) in [6.07, 6.45) is 2.93. The highest BCUT2D eigenvalue weighted by Gasteiger charge is 2.06. The number of urea groups is 1. The molecular weight excluding hydrogens is 268 g/mol. The Labute approximate surface area is 112 Å². The fourth-order valence-electron chi connectivity index (χ4n) is 1.37. The Morgan fingerprint density at radius 3 is 2.85 bits per heavy atom. The molecule has 0 bridgehead atoms. The van der Waals surface area contributed by atoms with Crippen molar-refractivity contribution in [3.8, 4) is 0 Å². The van der Waals surface area contributed by atoms with Crippen LogP contribution in [0.15, 0.2) is 23.0 Å². The summed E-state index contributed by atoms with van der Waals surface area (Å²) in [7, 11) is 0. The Bertz CT molecular complexity index is 578. The summed E-state index contributed by atoms with van der Waals surface area (Å²) in [4.78, 5) is 21.9. The number of aromatic nitrogens is 4. The Kier molecular flexibility index (Phi) is 4.27. The maximum atomic E-state index is 11.5. The summed E-state index contributed by atoms with van der Waals surface area (Å²) in [5, 5.41) is 24.5. The Morgan fingerprint density at radius 2 is 2.15 bits per heavy atom. The van der Waals surface area contributed by atoms with Crippen LogP contribution in [0, 0.1) is 0 Å². The molecule has 0 unspecified atom stereocenters. The molecule has 2 rings (SSSR count). The summed E-state index contributed by atoms with van der Waals surface area (Å²) < 4.78 is 5.99. The minimum atomic E-state index is -1.01. The molecule has 2 heterocycles. The van der Waals surface area contributed by atoms with Gasteiger partial charge in [0.2, 0.25) is 0 Å². The lowest BCUT2D eigenvalue weighted by Crippen LogP contribution is -2.34. The van der Waals surface area contributed by atoms with Crippen LogP contribution in [0.2, 0.25) is 0 Å². The third-order valence-electron chi connectivity index (χ3n) is 2.23. The predicted octanol–water partition coefficient (Wildman–Crippen LogP) is -0.650. The van der Waals surface area contributed by atoms with Crippen LogP contribution in [-0.2, 0) is 24.4 Å². The van der Waals surface area contributed by atoms with Crippen molar-refractivity contribution in [2.24, 2.45) is 0 Å². The van der Waals surface area contributed by atoms with Crippen molar-refractivity contribution in [3.05, 3.63) is 29.9 Å². The lowest BCUT2D eigenvalue weighted by atomic mass is 10.4. The third kappa shape index (κ3) is 4.08. The van der Waals surface area contributed by atoms with Gasteiger partial charge in [-0.1, -0.05) is 10.4 Å². The molecule has 0 fully saturated rings. The van der Waals surface area contributed by atoms with Crippen molar-refractivity contribution < 1.29 is 19.2 Å². The van der Waals surface area contributed by atoms with E-state index in [4.69, 9.17) is 9.63 Å². The van der Waals surface area contributed by atoms with E-state index < -0.39 is 12.0 Å². The van der Waals surface area contributed by atoms with Crippen LogP contribution in [0.1, 0.15) is 11.5 Å². The molecule has 2 amide bonds. The highest BCUT2D eigenvalue weighted by molar-refractivity contribution is 5.73. The molecule has 106 valence electrons. The van der Waals surface area contributed by atoms with Gasteiger partial charge in [-0.15, -0.1) is 5.10 Å². The highest BCUT2D eigenvalue weighted by atomic mass is 16.5. The van der Waals surface area contributed by atoms with Crippen molar-refractivity contribution in [1.82, 2.24) is 30.8 Å². The predicted molar refractivity (Wildman–Crippen MR) is 63.2 cm³/mol. The number of aliphatic carboxylic acids is 1. The molecule has 0 aromatic carbocycles. The van der Waals surface area contributed by atoms with Crippen LogP contribution in [-0.4, -0.2) is 37.3 Å². The molecule has 0 atom stereocenters. The highest BCUT2D eigenvalue weighted by Crippen LogP contribution is 1.95. The van der Waals surface area contributed by atoms with Crippen LogP contribution < -0.4 is 10.6 Å². The first-order valence-corrected chi connectivity index (χ1v) is 5.65. The van der Waals surface area contributed by atoms with E-state index in [-0.39, 0.29) is 19.6 Å². The number of hydrogen-bond donors (Lipinski definition) is 3. The van der Waals surface area contributed by atoms with Gasteiger partial charge in [-0.2, -0.15) is 0 Å². The van der Waals surface area contributed by atoms with Crippen molar-refractivity contribution in [2.75, 3.05) is 0 Å². The second kappa shape index (κ2) is 6.31. The van der Waals surface area contributed by atoms with E-state index in [1.165, 1.54) is 17.1 Å². The largest absolute Gasteiger partial charge is 0.480 e. The number of nitrogens with one attached hydrogen (secondary N) is 2. The molecule has 10 heteroatoms. The molecule has 2 aromatic heterocycles. The molecule has 3 N–H and O–H groups in total. The summed E-state index contributed by atoms with van der Waals surface area (Å²) in [5.74, 6) is -0.480. The van der Waals surface area contributed by atoms with Gasteiger partial charge in [0.1, 0.15) is 12.2 Å². The normalized spacial score (nSPS) is 10.2. The maximum absolute atomic E-state index is 11.5. The van der Waals surface area contributed by atoms with Crippen molar-refractivity contribution in [3.63, 3.8) is 0 Å². The second-order valence-electron chi connectivity index (χ2n) is 3.82. The molecule has 0 spiro atoms. The molecule has 0 aliphatic carbocycles. The van der Waals surface area contributed by atoms with Crippen LogP contribution >= 0.6 is 0 Å². The molecule has 0 aliphatic rings. The fraction of sp³-hybridized carbons (Fsp3) is 0.300. The molecule has 0 radical (unpaired) electrons. The van der Waals surface area contributed by atoms with E-state index in [2.05, 4.69) is 26.1 Å². The average molecular weight is 280 g/mol. The van der Waals surface area contributed by atoms with Crippen molar-refractivity contribution >= 4 is 12.0 Å². The zero-order valence-electron chi connectivity index (χ0n) is 10.3. The Hall–Kier alpha value is -2.91. The standard InChI is InChI=1S/C10H12N6O4/c17-9(18)6-16-5-7(14-15-16)3-11-10(19)12-4-8-1-2-13-20-8/h1-2,5H,3-4,6H2,(H,17,18)(H2,11,12,19). The summed E-state index contributed by atoms with van der Waals surface area (Å²) in [6, 6.07) is 1.23. The molecule has 0 saturated carbocycles. The zero-order valence-corrected chi connectivity index (χ0v) is 10.3. The van der Waals surface area contributed by atoms with E-state index in [0.717, 1.165) is 0 Å². The maximum Gasteiger partial charge on any atom is 0.325 e. The number of hydrogen-bond acceptors (Lipinski definition) is 6. The van der Waals surface area contributed by atoms with Crippen LogP contribution in [0.25, 0.3) is 0 Å². The average Bonchev–Trinajstić information content (AvgIpc) is 3.04. The molecule has 2 aromatic rings. The second-order valence-corrected chi connectivity index (χ2v) is 3.82. The number of amides is 2. The molecule has 0 saturated heterocycles. The number of carboxylic acids is 1. The zero-order chi connectivity index (χ0) is 14.4. The quantitative estimate of drug-likeness (QED) is 0.639. The number of carbonyl (C=O) groups is 2. The Balaban J connectivity index is 1.72. The number of nitrogens with zero attached hydrogens (tertiary/aromatic N) is 4. The van der Waals surface area contributed by atoms with Crippen LogP contribution in [0.3, 0.4) is 0 Å². The first kappa shape index (κ1) is 13.5. The van der Waals surface area contributed by atoms with Gasteiger partial charge in [-0.3, -0.25) is 4.79 Å². The van der Waals surface area contributed by atoms with E-state index in [1.54, 1.807) is 6.07 Å². The molecule has 10 nitrogen and oxygen atoms in total. The van der Waals surface area contributed by atoms with E-state index in [9.17, 15) is 9.59 Å². The number of carbonyl (C=O) groups excluding carboxylic acids is 1. The smallest absolute Gasteiger partial charge is 0.325 e. The van der Waals surface area contributed by atoms with E-state index in [1.807, 2.05) is 0 Å². The molecule has 20 heavy (non-hydrogen) atoms. The molecular formula is C10H12N6O4. The summed E-state index contributed by atoms with van der Waals surface area (Å²) >= 11 is 0. The SMILES string of the molecule is O=C(O)Cn1cc(CNC(=O)NCc2ccno2)nn1. The summed E-state index contributed by atoms with van der Waals surface area (Å²) in [5.41, 5.74) is 0.459.